The molecule has 0 saturated carbocycles. The van der Waals surface area contributed by atoms with Gasteiger partial charge in [0.15, 0.2) is 0 Å². The van der Waals surface area contributed by atoms with Crippen LogP contribution in [-0.4, -0.2) is 41.9 Å². The monoisotopic (exact) mass is 742 g/mol. The maximum atomic E-state index is 14.2. The first kappa shape index (κ1) is 39.1. The molecule has 7 nitrogen and oxygen atoms in total. The van der Waals surface area contributed by atoms with Crippen LogP contribution in [0, 0.1) is 5.92 Å². The van der Waals surface area contributed by atoms with E-state index >= 15 is 0 Å². The third-order valence-electron chi connectivity index (χ3n) is 8.52. The Morgan fingerprint density at radius 3 is 1.27 bits per heavy atom. The molecule has 1 N–H and O–H groups in total. The van der Waals surface area contributed by atoms with Crippen LogP contribution in [0.1, 0.15) is 62.3 Å². The summed E-state index contributed by atoms with van der Waals surface area (Å²) in [6.07, 6.45) is 6.49. The molecular formula is C43H51O7PS. The highest BCUT2D eigenvalue weighted by atomic mass is 32.2. The topological polar surface area (TPSA) is 91.3 Å². The first-order chi connectivity index (χ1) is 24.7. The van der Waals surface area contributed by atoms with Gasteiger partial charge >= 0.3 is 0 Å². The Hall–Kier alpha value is -4.10. The molecular weight excluding hydrogens is 692 g/mol. The first-order valence-electron chi connectivity index (χ1n) is 17.9. The third-order valence-corrected chi connectivity index (χ3v) is 14.1. The molecule has 0 saturated heterocycles. The summed E-state index contributed by atoms with van der Waals surface area (Å²) in [6.45, 7) is 17.6. The van der Waals surface area contributed by atoms with Crippen LogP contribution in [-0.2, 0) is 10.1 Å². The Kier molecular flexibility index (Phi) is 12.2. The van der Waals surface area contributed by atoms with Crippen LogP contribution in [0.5, 0.6) is 23.0 Å². The smallest absolute Gasteiger partial charge is 0.279 e. The fourth-order valence-electron chi connectivity index (χ4n) is 6.66. The van der Waals surface area contributed by atoms with Gasteiger partial charge in [-0.15, -0.1) is 0 Å². The van der Waals surface area contributed by atoms with Crippen molar-refractivity contribution >= 4 is 28.6 Å². The Labute approximate surface area is 311 Å². The van der Waals surface area contributed by atoms with Gasteiger partial charge < -0.3 is 18.9 Å². The summed E-state index contributed by atoms with van der Waals surface area (Å²) in [5, 5.41) is 1.47. The number of allylic oxidation sites excluding steroid dienone is 3. The van der Waals surface area contributed by atoms with E-state index in [1.807, 2.05) is 159 Å². The second-order valence-electron chi connectivity index (χ2n) is 14.1. The molecule has 0 radical (unpaired) electrons. The molecule has 4 aromatic rings. The molecule has 2 atom stereocenters. The fourth-order valence-corrected chi connectivity index (χ4v) is 12.0. The van der Waals surface area contributed by atoms with Crippen molar-refractivity contribution in [1.82, 2.24) is 0 Å². The Morgan fingerprint density at radius 2 is 0.942 bits per heavy atom. The minimum Gasteiger partial charge on any atom is -0.490 e. The van der Waals surface area contributed by atoms with Gasteiger partial charge in [0.05, 0.1) is 35.5 Å². The Bertz CT molecular complexity index is 1870. The summed E-state index contributed by atoms with van der Waals surface area (Å²) in [5.74, 6) is 1.84. The van der Waals surface area contributed by atoms with Crippen molar-refractivity contribution in [2.45, 2.75) is 91.2 Å². The zero-order valence-corrected chi connectivity index (χ0v) is 33.2. The van der Waals surface area contributed by atoms with E-state index in [4.69, 9.17) is 18.9 Å². The lowest BCUT2D eigenvalue weighted by Gasteiger charge is -2.42. The van der Waals surface area contributed by atoms with Crippen LogP contribution in [0.25, 0.3) is 22.3 Å². The normalized spacial score (nSPS) is 17.4. The van der Waals surface area contributed by atoms with E-state index in [0.29, 0.717) is 34.1 Å². The predicted molar refractivity (Wildman–Crippen MR) is 215 cm³/mol. The molecule has 0 heterocycles. The van der Waals surface area contributed by atoms with Crippen molar-refractivity contribution in [2.24, 2.45) is 5.92 Å². The first-order valence-corrected chi connectivity index (χ1v) is 20.7. The van der Waals surface area contributed by atoms with Crippen molar-refractivity contribution in [3.8, 4) is 45.3 Å². The van der Waals surface area contributed by atoms with Gasteiger partial charge in [-0.3, -0.25) is 4.55 Å². The third kappa shape index (κ3) is 8.10. The van der Waals surface area contributed by atoms with Gasteiger partial charge in [0.1, 0.15) is 27.5 Å². The van der Waals surface area contributed by atoms with Crippen molar-refractivity contribution in [3.05, 3.63) is 109 Å². The summed E-state index contributed by atoms with van der Waals surface area (Å²) in [4.78, 5) is 0. The van der Waals surface area contributed by atoms with Gasteiger partial charge in [-0.25, -0.2) is 0 Å². The summed E-state index contributed by atoms with van der Waals surface area (Å²) in [6, 6.07) is 27.1. The maximum Gasteiger partial charge on any atom is 0.279 e. The predicted octanol–water partition coefficient (Wildman–Crippen LogP) is 9.95. The fraction of sp³-hybridized carbons (Fsp3) is 0.349. The molecule has 0 aliphatic heterocycles. The molecule has 4 aromatic carbocycles. The largest absolute Gasteiger partial charge is 0.490 e. The lowest BCUT2D eigenvalue weighted by molar-refractivity contribution is 0.230. The molecule has 0 amide bonds. The average Bonchev–Trinajstić information content (AvgIpc) is 3.05. The molecule has 9 heteroatoms. The molecule has 1 aliphatic carbocycles. The number of ether oxygens (including phenoxy) is 4. The maximum absolute atomic E-state index is 14.2. The number of benzene rings is 4. The van der Waals surface area contributed by atoms with Gasteiger partial charge in [-0.2, -0.15) is 8.42 Å². The number of hydrogen-bond donors (Lipinski definition) is 1. The number of rotatable bonds is 14. The molecule has 0 spiro atoms. The zero-order valence-electron chi connectivity index (χ0n) is 31.5. The van der Waals surface area contributed by atoms with E-state index in [-0.39, 0.29) is 24.4 Å². The second kappa shape index (κ2) is 16.3. The summed E-state index contributed by atoms with van der Waals surface area (Å²) in [5.41, 5.74) is 2.93. The molecule has 1 aliphatic rings. The Balaban J connectivity index is 1.96. The lowest BCUT2D eigenvalue weighted by atomic mass is 10.0. The van der Waals surface area contributed by atoms with Crippen LogP contribution in [0.2, 0.25) is 0 Å². The van der Waals surface area contributed by atoms with Crippen molar-refractivity contribution in [2.75, 3.05) is 0 Å². The van der Waals surface area contributed by atoms with Gasteiger partial charge in [-0.1, -0.05) is 91.9 Å². The van der Waals surface area contributed by atoms with Crippen LogP contribution in [0.15, 0.2) is 109 Å². The van der Waals surface area contributed by atoms with Gasteiger partial charge in [0.25, 0.3) is 10.1 Å². The van der Waals surface area contributed by atoms with E-state index in [2.05, 4.69) is 0 Å². The van der Waals surface area contributed by atoms with Crippen molar-refractivity contribution in [3.63, 3.8) is 0 Å². The highest BCUT2D eigenvalue weighted by Crippen LogP contribution is 2.61. The molecule has 52 heavy (non-hydrogen) atoms. The summed E-state index contributed by atoms with van der Waals surface area (Å²) >= 11 is 0. The van der Waals surface area contributed by atoms with E-state index in [0.717, 1.165) is 21.7 Å². The quantitative estimate of drug-likeness (QED) is 0.102. The van der Waals surface area contributed by atoms with Crippen LogP contribution in [0.3, 0.4) is 0 Å². The van der Waals surface area contributed by atoms with E-state index in [1.165, 1.54) is 0 Å². The minimum atomic E-state index is -4.78. The second-order valence-corrected chi connectivity index (χ2v) is 18.4. The van der Waals surface area contributed by atoms with Gasteiger partial charge in [0.2, 0.25) is 0 Å². The Morgan fingerprint density at radius 1 is 0.577 bits per heavy atom. The zero-order chi connectivity index (χ0) is 37.8. The minimum absolute atomic E-state index is 0.144. The molecule has 5 rings (SSSR count). The molecule has 0 aromatic heterocycles. The number of hydrogen-bond acceptors (Lipinski definition) is 6. The van der Waals surface area contributed by atoms with E-state index in [1.54, 1.807) is 12.2 Å². The lowest BCUT2D eigenvalue weighted by Crippen LogP contribution is -2.46. The van der Waals surface area contributed by atoms with Crippen LogP contribution in [0.4, 0.5) is 0 Å². The van der Waals surface area contributed by atoms with Gasteiger partial charge in [-0.05, 0) is 109 Å². The summed E-state index contributed by atoms with van der Waals surface area (Å²) in [7, 11) is -6.78. The van der Waals surface area contributed by atoms with Gasteiger partial charge in [0, 0.05) is 5.92 Å². The van der Waals surface area contributed by atoms with Crippen LogP contribution >= 0.6 is 7.92 Å². The van der Waals surface area contributed by atoms with E-state index < -0.39 is 28.4 Å². The highest BCUT2D eigenvalue weighted by Gasteiger charge is 2.54. The standard InChI is InChI=1S/C43H51O7PS/c1-28(2)47-35-21-16-22-36(48-29(3)4)41(35)33-19-10-12-25-39(33)51(43(52(44,45)46)27-15-14-18-32(43)9)40-26-13-11-20-34(40)42-37(49-30(5)6)23-17-24-38(42)50-31(7)8/h10-32H,1-9H3,(H,44,45,46). The van der Waals surface area contributed by atoms with Crippen LogP contribution < -0.4 is 29.6 Å². The van der Waals surface area contributed by atoms with Crippen molar-refractivity contribution < 1.29 is 31.9 Å². The van der Waals surface area contributed by atoms with E-state index in [9.17, 15) is 13.0 Å². The average molecular weight is 743 g/mol. The molecule has 0 fully saturated rings. The molecule has 0 bridgehead atoms. The SMILES string of the molecule is CC(C)Oc1cccc(OC(C)C)c1-c1ccccc1P(c1ccccc1-c1c(OC(C)C)cccc1OC(C)C)C1(S(=O)(=O)O)C=CC=CC1C. The summed E-state index contributed by atoms with van der Waals surface area (Å²) < 4.78 is 64.0. The highest BCUT2D eigenvalue weighted by molar-refractivity contribution is 7.99. The van der Waals surface area contributed by atoms with Crippen molar-refractivity contribution in [1.29, 1.82) is 0 Å². The molecule has 2 unspecified atom stereocenters. The molecule has 276 valence electrons.